The van der Waals surface area contributed by atoms with Gasteiger partial charge in [-0.05, 0) is 36.6 Å². The highest BCUT2D eigenvalue weighted by Gasteiger charge is 2.08. The number of hydrogen-bond donors (Lipinski definition) is 2. The van der Waals surface area contributed by atoms with E-state index >= 15 is 0 Å². The molecule has 4 nitrogen and oxygen atoms in total. The molecule has 4 heteroatoms. The molecule has 2 rings (SSSR count). The third-order valence-electron chi connectivity index (χ3n) is 3.62. The second-order valence-corrected chi connectivity index (χ2v) is 5.62. The van der Waals surface area contributed by atoms with Crippen LogP contribution in [0.5, 0.6) is 11.5 Å². The summed E-state index contributed by atoms with van der Waals surface area (Å²) < 4.78 is 11.4. The number of aliphatic hydroxyl groups is 1. The van der Waals surface area contributed by atoms with Crippen LogP contribution in [0.3, 0.4) is 0 Å². The van der Waals surface area contributed by atoms with Gasteiger partial charge in [-0.1, -0.05) is 43.3 Å². The van der Waals surface area contributed by atoms with E-state index in [1.165, 1.54) is 0 Å². The Morgan fingerprint density at radius 3 is 2.50 bits per heavy atom. The van der Waals surface area contributed by atoms with Gasteiger partial charge in [0, 0.05) is 13.1 Å². The lowest BCUT2D eigenvalue weighted by atomic mass is 10.1. The van der Waals surface area contributed by atoms with Gasteiger partial charge < -0.3 is 19.9 Å². The number of aliphatic hydroxyl groups excluding tert-OH is 1. The highest BCUT2D eigenvalue weighted by molar-refractivity contribution is 5.43. The van der Waals surface area contributed by atoms with Gasteiger partial charge in [0.25, 0.3) is 0 Å². The molecule has 0 spiro atoms. The van der Waals surface area contributed by atoms with E-state index in [-0.39, 0.29) is 0 Å². The zero-order chi connectivity index (χ0) is 17.2. The van der Waals surface area contributed by atoms with Gasteiger partial charge in [0.1, 0.15) is 0 Å². The van der Waals surface area contributed by atoms with E-state index in [4.69, 9.17) is 9.47 Å². The molecule has 0 heterocycles. The standard InChI is InChI=1S/C20H27NO3/c1-3-12-24-19-11-10-16(13-20(19)23-4-2)14-21-15-18(22)17-8-6-5-7-9-17/h5-11,13,18,21-22H,3-4,12,14-15H2,1-2H3/t18-/m1/s1. The Morgan fingerprint density at radius 2 is 1.79 bits per heavy atom. The molecular formula is C20H27NO3. The fourth-order valence-corrected chi connectivity index (χ4v) is 2.41. The number of nitrogens with one attached hydrogen (secondary N) is 1. The fourth-order valence-electron chi connectivity index (χ4n) is 2.41. The average Bonchev–Trinajstić information content (AvgIpc) is 2.62. The molecule has 2 aromatic carbocycles. The van der Waals surface area contributed by atoms with Crippen molar-refractivity contribution in [1.82, 2.24) is 5.32 Å². The first kappa shape index (κ1) is 18.3. The molecule has 0 bridgehead atoms. The van der Waals surface area contributed by atoms with E-state index in [1.807, 2.05) is 55.5 Å². The summed E-state index contributed by atoms with van der Waals surface area (Å²) in [6.07, 6.45) is 0.455. The van der Waals surface area contributed by atoms with Crippen LogP contribution in [0.25, 0.3) is 0 Å². The minimum Gasteiger partial charge on any atom is -0.490 e. The number of benzene rings is 2. The third-order valence-corrected chi connectivity index (χ3v) is 3.62. The van der Waals surface area contributed by atoms with Crippen molar-refractivity contribution in [3.05, 3.63) is 59.7 Å². The van der Waals surface area contributed by atoms with E-state index in [9.17, 15) is 5.11 Å². The minimum atomic E-state index is -0.510. The highest BCUT2D eigenvalue weighted by atomic mass is 16.5. The quantitative estimate of drug-likeness (QED) is 0.698. The van der Waals surface area contributed by atoms with E-state index in [2.05, 4.69) is 12.2 Å². The predicted molar refractivity (Wildman–Crippen MR) is 96.5 cm³/mol. The highest BCUT2D eigenvalue weighted by Crippen LogP contribution is 2.28. The van der Waals surface area contributed by atoms with Crippen LogP contribution in [0.2, 0.25) is 0 Å². The summed E-state index contributed by atoms with van der Waals surface area (Å²) in [6.45, 7) is 6.49. The molecule has 0 aliphatic heterocycles. The SMILES string of the molecule is CCCOc1ccc(CNC[C@@H](O)c2ccccc2)cc1OCC. The molecule has 24 heavy (non-hydrogen) atoms. The van der Waals surface area contributed by atoms with Crippen molar-refractivity contribution >= 4 is 0 Å². The van der Waals surface area contributed by atoms with Crippen molar-refractivity contribution in [2.45, 2.75) is 32.9 Å². The van der Waals surface area contributed by atoms with Gasteiger partial charge in [0.2, 0.25) is 0 Å². The maximum Gasteiger partial charge on any atom is 0.161 e. The van der Waals surface area contributed by atoms with Gasteiger partial charge in [-0.2, -0.15) is 0 Å². The molecule has 1 atom stereocenters. The second kappa shape index (κ2) is 9.96. The number of rotatable bonds is 10. The smallest absolute Gasteiger partial charge is 0.161 e. The Balaban J connectivity index is 1.91. The normalized spacial score (nSPS) is 12.0. The van der Waals surface area contributed by atoms with Crippen LogP contribution < -0.4 is 14.8 Å². The molecule has 0 amide bonds. The Kier molecular flexibility index (Phi) is 7.59. The molecule has 0 saturated carbocycles. The molecule has 0 radical (unpaired) electrons. The van der Waals surface area contributed by atoms with Crippen molar-refractivity contribution in [2.24, 2.45) is 0 Å². The summed E-state index contributed by atoms with van der Waals surface area (Å²) >= 11 is 0. The van der Waals surface area contributed by atoms with Gasteiger partial charge >= 0.3 is 0 Å². The predicted octanol–water partition coefficient (Wildman–Crippen LogP) is 3.70. The topological polar surface area (TPSA) is 50.7 Å². The number of hydrogen-bond acceptors (Lipinski definition) is 4. The first-order chi connectivity index (χ1) is 11.7. The van der Waals surface area contributed by atoms with Crippen molar-refractivity contribution in [2.75, 3.05) is 19.8 Å². The Hall–Kier alpha value is -2.04. The summed E-state index contributed by atoms with van der Waals surface area (Å²) in [5.74, 6) is 1.56. The Bertz CT molecular complexity index is 601. The number of ether oxygens (including phenoxy) is 2. The van der Waals surface area contributed by atoms with Crippen LogP contribution in [-0.2, 0) is 6.54 Å². The summed E-state index contributed by atoms with van der Waals surface area (Å²) in [4.78, 5) is 0. The third kappa shape index (κ3) is 5.55. The van der Waals surface area contributed by atoms with Gasteiger partial charge in [-0.3, -0.25) is 0 Å². The molecule has 2 aromatic rings. The van der Waals surface area contributed by atoms with E-state index in [1.54, 1.807) is 0 Å². The van der Waals surface area contributed by atoms with Crippen LogP contribution in [0.4, 0.5) is 0 Å². The maximum atomic E-state index is 10.2. The second-order valence-electron chi connectivity index (χ2n) is 5.62. The molecule has 0 fully saturated rings. The van der Waals surface area contributed by atoms with E-state index < -0.39 is 6.10 Å². The molecule has 0 saturated heterocycles. The van der Waals surface area contributed by atoms with Crippen molar-refractivity contribution in [3.63, 3.8) is 0 Å². The van der Waals surface area contributed by atoms with Gasteiger partial charge in [0.05, 0.1) is 19.3 Å². The molecule has 130 valence electrons. The molecule has 0 unspecified atom stereocenters. The lowest BCUT2D eigenvalue weighted by Crippen LogP contribution is -2.21. The summed E-state index contributed by atoms with van der Waals surface area (Å²) in [6, 6.07) is 15.6. The summed E-state index contributed by atoms with van der Waals surface area (Å²) in [7, 11) is 0. The first-order valence-electron chi connectivity index (χ1n) is 8.56. The summed E-state index contributed by atoms with van der Waals surface area (Å²) in [5.41, 5.74) is 2.02. The monoisotopic (exact) mass is 329 g/mol. The van der Waals surface area contributed by atoms with E-state index in [0.29, 0.717) is 26.3 Å². The van der Waals surface area contributed by atoms with Crippen LogP contribution in [-0.4, -0.2) is 24.9 Å². The molecule has 0 aromatic heterocycles. The fraction of sp³-hybridized carbons (Fsp3) is 0.400. The van der Waals surface area contributed by atoms with Crippen LogP contribution in [0, 0.1) is 0 Å². The van der Waals surface area contributed by atoms with Crippen molar-refractivity contribution < 1.29 is 14.6 Å². The van der Waals surface area contributed by atoms with Gasteiger partial charge in [-0.15, -0.1) is 0 Å². The lowest BCUT2D eigenvalue weighted by Gasteiger charge is -2.15. The van der Waals surface area contributed by atoms with Crippen LogP contribution in [0.15, 0.2) is 48.5 Å². The van der Waals surface area contributed by atoms with Crippen LogP contribution >= 0.6 is 0 Å². The minimum absolute atomic E-state index is 0.502. The molecular weight excluding hydrogens is 302 g/mol. The first-order valence-corrected chi connectivity index (χ1v) is 8.56. The molecule has 0 aliphatic rings. The lowest BCUT2D eigenvalue weighted by molar-refractivity contribution is 0.174. The average molecular weight is 329 g/mol. The zero-order valence-electron chi connectivity index (χ0n) is 14.5. The molecule has 0 aliphatic carbocycles. The van der Waals surface area contributed by atoms with Crippen molar-refractivity contribution in [1.29, 1.82) is 0 Å². The van der Waals surface area contributed by atoms with E-state index in [0.717, 1.165) is 29.0 Å². The van der Waals surface area contributed by atoms with Gasteiger partial charge in [0.15, 0.2) is 11.5 Å². The zero-order valence-corrected chi connectivity index (χ0v) is 14.5. The molecule has 2 N–H and O–H groups in total. The van der Waals surface area contributed by atoms with Crippen molar-refractivity contribution in [3.8, 4) is 11.5 Å². The summed E-state index contributed by atoms with van der Waals surface area (Å²) in [5, 5.41) is 13.5. The largest absolute Gasteiger partial charge is 0.490 e. The van der Waals surface area contributed by atoms with Gasteiger partial charge in [-0.25, -0.2) is 0 Å². The van der Waals surface area contributed by atoms with Crippen LogP contribution in [0.1, 0.15) is 37.5 Å². The maximum absolute atomic E-state index is 10.2. The Labute approximate surface area is 144 Å². The Morgan fingerprint density at radius 1 is 1.00 bits per heavy atom.